The van der Waals surface area contributed by atoms with E-state index in [1.54, 1.807) is 44.3 Å². The SMILES string of the molecule is COC(=O)COc1cccc(/C(Br)=C\C(=O)c2c(OC)cc(C)n(C)c2=O)c1. The minimum atomic E-state index is -0.502. The first-order valence-corrected chi connectivity index (χ1v) is 9.04. The van der Waals surface area contributed by atoms with Crippen LogP contribution in [0.15, 0.2) is 41.2 Å². The molecule has 0 fully saturated rings. The zero-order valence-electron chi connectivity index (χ0n) is 15.9. The minimum absolute atomic E-state index is 0.0503. The standard InChI is InChI=1S/C20H20BrNO6/c1-12-8-17(26-3)19(20(25)22(12)2)16(23)10-15(21)13-6-5-7-14(9-13)28-11-18(24)27-4/h5-10H,11H2,1-4H3/b15-10+. The van der Waals surface area contributed by atoms with E-state index in [0.717, 1.165) is 0 Å². The van der Waals surface area contributed by atoms with Crippen LogP contribution in [-0.4, -0.2) is 37.1 Å². The summed E-state index contributed by atoms with van der Waals surface area (Å²) in [6.45, 7) is 1.53. The van der Waals surface area contributed by atoms with Crippen LogP contribution in [0.2, 0.25) is 0 Å². The summed E-state index contributed by atoms with van der Waals surface area (Å²) in [4.78, 5) is 36.4. The van der Waals surface area contributed by atoms with Gasteiger partial charge in [-0.3, -0.25) is 9.59 Å². The maximum Gasteiger partial charge on any atom is 0.343 e. The largest absolute Gasteiger partial charge is 0.496 e. The van der Waals surface area contributed by atoms with Gasteiger partial charge in [0, 0.05) is 29.4 Å². The molecule has 0 N–H and O–H groups in total. The predicted molar refractivity (Wildman–Crippen MR) is 108 cm³/mol. The fourth-order valence-electron chi connectivity index (χ4n) is 2.39. The quantitative estimate of drug-likeness (QED) is 0.367. The molecule has 0 saturated carbocycles. The molecule has 1 heterocycles. The van der Waals surface area contributed by atoms with Crippen molar-refractivity contribution in [2.45, 2.75) is 6.92 Å². The van der Waals surface area contributed by atoms with E-state index in [0.29, 0.717) is 21.5 Å². The van der Waals surface area contributed by atoms with E-state index in [2.05, 4.69) is 20.7 Å². The number of pyridine rings is 1. The lowest BCUT2D eigenvalue weighted by molar-refractivity contribution is -0.142. The van der Waals surface area contributed by atoms with Gasteiger partial charge in [-0.2, -0.15) is 0 Å². The molecule has 28 heavy (non-hydrogen) atoms. The summed E-state index contributed by atoms with van der Waals surface area (Å²) in [5.41, 5.74) is 0.828. The van der Waals surface area contributed by atoms with Crippen LogP contribution in [0.3, 0.4) is 0 Å². The fraction of sp³-hybridized carbons (Fsp3) is 0.250. The van der Waals surface area contributed by atoms with Crippen LogP contribution in [0.4, 0.5) is 0 Å². The van der Waals surface area contributed by atoms with Crippen LogP contribution in [0.1, 0.15) is 21.6 Å². The zero-order chi connectivity index (χ0) is 20.8. The zero-order valence-corrected chi connectivity index (χ0v) is 17.5. The number of hydrogen-bond donors (Lipinski definition) is 0. The summed E-state index contributed by atoms with van der Waals surface area (Å²) >= 11 is 3.36. The van der Waals surface area contributed by atoms with Gasteiger partial charge in [-0.25, -0.2) is 4.79 Å². The number of methoxy groups -OCH3 is 2. The van der Waals surface area contributed by atoms with Crippen LogP contribution in [0, 0.1) is 6.92 Å². The highest BCUT2D eigenvalue weighted by atomic mass is 79.9. The van der Waals surface area contributed by atoms with E-state index in [4.69, 9.17) is 9.47 Å². The van der Waals surface area contributed by atoms with E-state index < -0.39 is 17.3 Å². The number of rotatable bonds is 7. The third-order valence-electron chi connectivity index (χ3n) is 4.05. The Kier molecular flexibility index (Phi) is 7.17. The number of benzene rings is 1. The Labute approximate surface area is 170 Å². The van der Waals surface area contributed by atoms with Crippen LogP contribution in [0.5, 0.6) is 11.5 Å². The van der Waals surface area contributed by atoms with Gasteiger partial charge in [0.1, 0.15) is 17.1 Å². The molecular formula is C20H20BrNO6. The molecule has 0 amide bonds. The molecule has 0 aliphatic carbocycles. The summed E-state index contributed by atoms with van der Waals surface area (Å²) in [5.74, 6) is -0.343. The molecule has 2 aromatic rings. The average Bonchev–Trinajstić information content (AvgIpc) is 2.69. The Morgan fingerprint density at radius 2 is 1.93 bits per heavy atom. The molecular weight excluding hydrogens is 430 g/mol. The lowest BCUT2D eigenvalue weighted by Crippen LogP contribution is -2.26. The number of halogens is 1. The van der Waals surface area contributed by atoms with Crippen LogP contribution in [0.25, 0.3) is 4.48 Å². The summed E-state index contributed by atoms with van der Waals surface area (Å²) < 4.78 is 16.9. The number of hydrogen-bond acceptors (Lipinski definition) is 6. The van der Waals surface area contributed by atoms with Gasteiger partial charge in [0.25, 0.3) is 5.56 Å². The van der Waals surface area contributed by atoms with E-state index >= 15 is 0 Å². The molecule has 0 atom stereocenters. The number of aryl methyl sites for hydroxylation is 1. The van der Waals surface area contributed by atoms with Gasteiger partial charge in [0.15, 0.2) is 12.4 Å². The second-order valence-corrected chi connectivity index (χ2v) is 6.70. The molecule has 0 saturated heterocycles. The highest BCUT2D eigenvalue weighted by Crippen LogP contribution is 2.26. The molecule has 1 aromatic heterocycles. The molecule has 0 spiro atoms. The van der Waals surface area contributed by atoms with Crippen molar-refractivity contribution < 1.29 is 23.8 Å². The van der Waals surface area contributed by atoms with E-state index in [1.807, 2.05) is 0 Å². The number of ketones is 1. The Hall–Kier alpha value is -2.87. The van der Waals surface area contributed by atoms with Crippen molar-refractivity contribution >= 4 is 32.2 Å². The smallest absolute Gasteiger partial charge is 0.343 e. The second kappa shape index (κ2) is 9.36. The van der Waals surface area contributed by atoms with Gasteiger partial charge in [0.05, 0.1) is 14.2 Å². The highest BCUT2D eigenvalue weighted by molar-refractivity contribution is 9.15. The Bertz CT molecular complexity index is 993. The highest BCUT2D eigenvalue weighted by Gasteiger charge is 2.18. The molecule has 0 bridgehead atoms. The van der Waals surface area contributed by atoms with Crippen LogP contribution >= 0.6 is 15.9 Å². The Morgan fingerprint density at radius 3 is 2.57 bits per heavy atom. The molecule has 148 valence electrons. The van der Waals surface area contributed by atoms with Crippen molar-refractivity contribution in [3.8, 4) is 11.5 Å². The van der Waals surface area contributed by atoms with Crippen molar-refractivity contribution in [1.29, 1.82) is 0 Å². The van der Waals surface area contributed by atoms with Crippen LogP contribution < -0.4 is 15.0 Å². The van der Waals surface area contributed by atoms with E-state index in [-0.39, 0.29) is 17.9 Å². The minimum Gasteiger partial charge on any atom is -0.496 e. The lowest BCUT2D eigenvalue weighted by atomic mass is 10.1. The number of esters is 1. The van der Waals surface area contributed by atoms with Gasteiger partial charge in [-0.15, -0.1) is 0 Å². The first-order valence-electron chi connectivity index (χ1n) is 8.24. The van der Waals surface area contributed by atoms with Crippen molar-refractivity contribution in [2.24, 2.45) is 7.05 Å². The Morgan fingerprint density at radius 1 is 1.21 bits per heavy atom. The maximum atomic E-state index is 12.7. The molecule has 1 aromatic carbocycles. The third kappa shape index (κ3) is 4.89. The molecule has 8 heteroatoms. The molecule has 0 radical (unpaired) electrons. The van der Waals surface area contributed by atoms with Gasteiger partial charge in [-0.05, 0) is 24.6 Å². The van der Waals surface area contributed by atoms with Gasteiger partial charge in [0.2, 0.25) is 0 Å². The van der Waals surface area contributed by atoms with Crippen molar-refractivity contribution in [2.75, 3.05) is 20.8 Å². The summed E-state index contributed by atoms with van der Waals surface area (Å²) in [5, 5.41) is 0. The number of carbonyl (C=O) groups is 2. The van der Waals surface area contributed by atoms with Gasteiger partial charge < -0.3 is 18.8 Å². The number of aromatic nitrogens is 1. The first-order chi connectivity index (χ1) is 13.3. The normalized spacial score (nSPS) is 11.1. The maximum absolute atomic E-state index is 12.7. The van der Waals surface area contributed by atoms with Gasteiger partial charge in [-0.1, -0.05) is 28.1 Å². The molecule has 2 rings (SSSR count). The lowest BCUT2D eigenvalue weighted by Gasteiger charge is -2.11. The van der Waals surface area contributed by atoms with E-state index in [1.165, 1.54) is 24.9 Å². The number of carbonyl (C=O) groups excluding carboxylic acids is 2. The fourth-order valence-corrected chi connectivity index (χ4v) is 2.84. The van der Waals surface area contributed by atoms with Crippen LogP contribution in [-0.2, 0) is 16.6 Å². The van der Waals surface area contributed by atoms with Crippen molar-refractivity contribution in [1.82, 2.24) is 4.57 Å². The predicted octanol–water partition coefficient (Wildman–Crippen LogP) is 2.87. The van der Waals surface area contributed by atoms with Gasteiger partial charge >= 0.3 is 5.97 Å². The topological polar surface area (TPSA) is 83.8 Å². The average molecular weight is 450 g/mol. The van der Waals surface area contributed by atoms with Crippen molar-refractivity contribution in [3.05, 3.63) is 63.6 Å². The number of ether oxygens (including phenoxy) is 3. The molecule has 0 aliphatic rings. The summed E-state index contributed by atoms with van der Waals surface area (Å²) in [6, 6.07) is 8.43. The summed E-state index contributed by atoms with van der Waals surface area (Å²) in [7, 11) is 4.28. The Balaban J connectivity index is 2.34. The second-order valence-electron chi connectivity index (χ2n) is 5.84. The van der Waals surface area contributed by atoms with E-state index in [9.17, 15) is 14.4 Å². The number of allylic oxidation sites excluding steroid dienone is 1. The molecule has 7 nitrogen and oxygen atoms in total. The monoisotopic (exact) mass is 449 g/mol. The molecule has 0 unspecified atom stereocenters. The third-order valence-corrected chi connectivity index (χ3v) is 4.74. The summed E-state index contributed by atoms with van der Waals surface area (Å²) in [6.07, 6.45) is 1.30. The number of nitrogens with zero attached hydrogens (tertiary/aromatic N) is 1. The first kappa shape index (κ1) is 21.4. The molecule has 0 aliphatic heterocycles. The van der Waals surface area contributed by atoms with Crippen molar-refractivity contribution in [3.63, 3.8) is 0 Å².